The van der Waals surface area contributed by atoms with Gasteiger partial charge in [0.05, 0.1) is 5.25 Å². The van der Waals surface area contributed by atoms with Crippen LogP contribution in [0.5, 0.6) is 0 Å². The molecule has 0 radical (unpaired) electrons. The van der Waals surface area contributed by atoms with Crippen LogP contribution in [0.25, 0.3) is 0 Å². The Hall–Kier alpha value is -1.76. The van der Waals surface area contributed by atoms with Gasteiger partial charge in [-0.3, -0.25) is 9.00 Å². The number of hydrogen-bond acceptors (Lipinski definition) is 4. The minimum atomic E-state index is -1.17. The molecule has 0 aromatic carbocycles. The van der Waals surface area contributed by atoms with Crippen molar-refractivity contribution in [3.8, 4) is 0 Å². The molecule has 0 saturated carbocycles. The summed E-state index contributed by atoms with van der Waals surface area (Å²) >= 11 is 0. The van der Waals surface area contributed by atoms with E-state index in [1.165, 1.54) is 18.2 Å². The Balaban J connectivity index is 2.25. The Morgan fingerprint density at radius 2 is 2.00 bits per heavy atom. The number of carboxylic acid groups (broad SMARTS) is 1. The number of carboxylic acids is 1. The Kier molecular flexibility index (Phi) is 4.17. The van der Waals surface area contributed by atoms with Crippen LogP contribution in [0.4, 0.5) is 0 Å². The number of aromatic nitrogens is 1. The zero-order valence-electron chi connectivity index (χ0n) is 11.3. The van der Waals surface area contributed by atoms with Gasteiger partial charge >= 0.3 is 5.97 Å². The van der Waals surface area contributed by atoms with Crippen molar-refractivity contribution in [2.24, 2.45) is 0 Å². The summed E-state index contributed by atoms with van der Waals surface area (Å²) < 4.78 is 11.7. The van der Waals surface area contributed by atoms with Crippen LogP contribution >= 0.6 is 0 Å². The van der Waals surface area contributed by atoms with E-state index in [1.807, 2.05) is 13.8 Å². The van der Waals surface area contributed by atoms with E-state index in [2.05, 4.69) is 4.98 Å². The Morgan fingerprint density at radius 3 is 2.65 bits per heavy atom. The molecule has 1 amide bonds. The van der Waals surface area contributed by atoms with Crippen LogP contribution in [-0.2, 0) is 10.8 Å². The summed E-state index contributed by atoms with van der Waals surface area (Å²) in [7, 11) is -0.929. The van der Waals surface area contributed by atoms with E-state index < -0.39 is 16.8 Å². The van der Waals surface area contributed by atoms with E-state index in [0.29, 0.717) is 12.3 Å². The van der Waals surface area contributed by atoms with Crippen molar-refractivity contribution in [1.82, 2.24) is 9.88 Å². The highest BCUT2D eigenvalue weighted by Gasteiger charge is 2.33. The Labute approximate surface area is 119 Å². The molecule has 2 heterocycles. The van der Waals surface area contributed by atoms with Gasteiger partial charge in [-0.2, -0.15) is 0 Å². The van der Waals surface area contributed by atoms with Crippen molar-refractivity contribution in [1.29, 1.82) is 0 Å². The molecule has 1 aromatic heterocycles. The largest absolute Gasteiger partial charge is 0.477 e. The third kappa shape index (κ3) is 2.72. The second kappa shape index (κ2) is 5.70. The van der Waals surface area contributed by atoms with Gasteiger partial charge in [-0.25, -0.2) is 9.78 Å². The highest BCUT2D eigenvalue weighted by molar-refractivity contribution is 7.85. The standard InChI is InChI=1S/C13H16N2O4S/c1-8-9(2)20(19)7-6-15(8)12(16)10-4-3-5-11(14-10)13(17)18/h3-5,8-9H,6-7H2,1-2H3,(H,17,18). The second-order valence-corrected chi connectivity index (χ2v) is 6.66. The van der Waals surface area contributed by atoms with Gasteiger partial charge in [-0.15, -0.1) is 0 Å². The first kappa shape index (κ1) is 14.6. The van der Waals surface area contributed by atoms with E-state index in [4.69, 9.17) is 5.11 Å². The van der Waals surface area contributed by atoms with Gasteiger partial charge < -0.3 is 10.0 Å². The Morgan fingerprint density at radius 1 is 1.35 bits per heavy atom. The predicted molar refractivity (Wildman–Crippen MR) is 74.2 cm³/mol. The molecule has 1 aliphatic rings. The first-order chi connectivity index (χ1) is 9.41. The molecule has 1 aliphatic heterocycles. The van der Waals surface area contributed by atoms with Gasteiger partial charge in [0.2, 0.25) is 0 Å². The molecular weight excluding hydrogens is 280 g/mol. The summed E-state index contributed by atoms with van der Waals surface area (Å²) in [5.74, 6) is -1.04. The first-order valence-corrected chi connectivity index (χ1v) is 7.68. The van der Waals surface area contributed by atoms with Gasteiger partial charge in [0.25, 0.3) is 5.91 Å². The quantitative estimate of drug-likeness (QED) is 0.870. The highest BCUT2D eigenvalue weighted by Crippen LogP contribution is 2.18. The van der Waals surface area contributed by atoms with Crippen LogP contribution in [0.15, 0.2) is 18.2 Å². The summed E-state index contributed by atoms with van der Waals surface area (Å²) in [6.45, 7) is 4.10. The molecule has 3 unspecified atom stereocenters. The monoisotopic (exact) mass is 296 g/mol. The van der Waals surface area contributed by atoms with E-state index in [-0.39, 0.29) is 28.6 Å². The molecule has 20 heavy (non-hydrogen) atoms. The van der Waals surface area contributed by atoms with Gasteiger partial charge in [0.1, 0.15) is 11.4 Å². The molecule has 0 aliphatic carbocycles. The third-order valence-electron chi connectivity index (χ3n) is 3.57. The number of pyridine rings is 1. The number of aromatic carboxylic acids is 1. The number of hydrogen-bond donors (Lipinski definition) is 1. The highest BCUT2D eigenvalue weighted by atomic mass is 32.2. The number of nitrogens with zero attached hydrogens (tertiary/aromatic N) is 2. The maximum Gasteiger partial charge on any atom is 0.354 e. The number of carbonyl (C=O) groups is 2. The minimum Gasteiger partial charge on any atom is -0.477 e. The van der Waals surface area contributed by atoms with Crippen molar-refractivity contribution in [3.05, 3.63) is 29.6 Å². The smallest absolute Gasteiger partial charge is 0.354 e. The maximum absolute atomic E-state index is 12.4. The fourth-order valence-corrected chi connectivity index (χ4v) is 3.49. The summed E-state index contributed by atoms with van der Waals surface area (Å²) in [4.78, 5) is 28.8. The minimum absolute atomic E-state index is 0.102. The summed E-state index contributed by atoms with van der Waals surface area (Å²) in [6.07, 6.45) is 0. The van der Waals surface area contributed by atoms with Crippen molar-refractivity contribution < 1.29 is 18.9 Å². The van der Waals surface area contributed by atoms with Gasteiger partial charge in [0, 0.05) is 29.1 Å². The average Bonchev–Trinajstić information content (AvgIpc) is 2.44. The van der Waals surface area contributed by atoms with Crippen LogP contribution in [0, 0.1) is 0 Å². The van der Waals surface area contributed by atoms with Crippen LogP contribution in [-0.4, -0.2) is 54.7 Å². The molecule has 0 bridgehead atoms. The first-order valence-electron chi connectivity index (χ1n) is 6.30. The van der Waals surface area contributed by atoms with E-state index in [1.54, 1.807) is 4.90 Å². The topological polar surface area (TPSA) is 87.6 Å². The lowest BCUT2D eigenvalue weighted by molar-refractivity contribution is 0.0683. The summed E-state index contributed by atoms with van der Waals surface area (Å²) in [5.41, 5.74) is -0.0474. The molecule has 7 heteroatoms. The number of rotatable bonds is 2. The fraction of sp³-hybridized carbons (Fsp3) is 0.462. The fourth-order valence-electron chi connectivity index (χ4n) is 2.16. The molecule has 1 fully saturated rings. The molecule has 1 N–H and O–H groups in total. The molecule has 3 atom stereocenters. The normalized spacial score (nSPS) is 26.3. The van der Waals surface area contributed by atoms with Crippen molar-refractivity contribution in [2.45, 2.75) is 25.1 Å². The Bertz CT molecular complexity index is 575. The van der Waals surface area contributed by atoms with Gasteiger partial charge in [-0.05, 0) is 26.0 Å². The molecule has 108 valence electrons. The van der Waals surface area contributed by atoms with Crippen LogP contribution in [0.3, 0.4) is 0 Å². The summed E-state index contributed by atoms with van der Waals surface area (Å²) in [5, 5.41) is 8.80. The average molecular weight is 296 g/mol. The van der Waals surface area contributed by atoms with E-state index >= 15 is 0 Å². The lowest BCUT2D eigenvalue weighted by Gasteiger charge is -2.37. The van der Waals surface area contributed by atoms with Crippen LogP contribution in [0.2, 0.25) is 0 Å². The molecular formula is C13H16N2O4S. The van der Waals surface area contributed by atoms with E-state index in [0.717, 1.165) is 0 Å². The lowest BCUT2D eigenvalue weighted by Crippen LogP contribution is -2.52. The molecule has 1 saturated heterocycles. The maximum atomic E-state index is 12.4. The second-order valence-electron chi connectivity index (χ2n) is 4.74. The van der Waals surface area contributed by atoms with Gasteiger partial charge in [0.15, 0.2) is 0 Å². The SMILES string of the molecule is CC1C(C)S(=O)CCN1C(=O)c1cccc(C(=O)O)n1. The number of carbonyl (C=O) groups excluding carboxylic acids is 1. The zero-order chi connectivity index (χ0) is 14.9. The zero-order valence-corrected chi connectivity index (χ0v) is 12.1. The predicted octanol–water partition coefficient (Wildman–Crippen LogP) is 0.761. The number of amides is 1. The van der Waals surface area contributed by atoms with Crippen molar-refractivity contribution in [3.63, 3.8) is 0 Å². The third-order valence-corrected chi connectivity index (χ3v) is 5.38. The molecule has 2 rings (SSSR count). The van der Waals surface area contributed by atoms with Crippen LogP contribution in [0.1, 0.15) is 34.8 Å². The molecule has 1 aromatic rings. The van der Waals surface area contributed by atoms with Crippen LogP contribution < -0.4 is 0 Å². The lowest BCUT2D eigenvalue weighted by atomic mass is 10.2. The van der Waals surface area contributed by atoms with Crippen molar-refractivity contribution >= 4 is 22.7 Å². The van der Waals surface area contributed by atoms with Crippen molar-refractivity contribution in [2.75, 3.05) is 12.3 Å². The summed E-state index contributed by atoms with van der Waals surface area (Å²) in [6, 6.07) is 4.18. The van der Waals surface area contributed by atoms with Gasteiger partial charge in [-0.1, -0.05) is 6.07 Å². The molecule has 6 nitrogen and oxygen atoms in total. The molecule has 0 spiro atoms. The van der Waals surface area contributed by atoms with E-state index in [9.17, 15) is 13.8 Å².